The summed E-state index contributed by atoms with van der Waals surface area (Å²) in [5, 5.41) is 0. The molecular weight excluding hydrogens is 138 g/mol. The van der Waals surface area contributed by atoms with E-state index in [2.05, 4.69) is 26.0 Å². The summed E-state index contributed by atoms with van der Waals surface area (Å²) >= 11 is 0. The number of unbranched alkanes of at least 4 members (excludes halogenated alkanes) is 1. The average molecular weight is 153 g/mol. The van der Waals surface area contributed by atoms with Crippen molar-refractivity contribution in [1.82, 2.24) is 0 Å². The minimum Gasteiger partial charge on any atom is -1.00 e. The fourth-order valence-electron chi connectivity index (χ4n) is 0.387. The lowest BCUT2D eigenvalue weighted by Gasteiger charge is -1.75. The highest BCUT2D eigenvalue weighted by molar-refractivity contribution is 7.55. The highest BCUT2D eigenvalue weighted by Gasteiger charge is 1.84. The van der Waals surface area contributed by atoms with Crippen LogP contribution in [0.5, 0.6) is 0 Å². The van der Waals surface area contributed by atoms with Gasteiger partial charge in [-0.25, -0.2) is 0 Å². The first-order chi connectivity index (χ1) is 3.27. The van der Waals surface area contributed by atoms with E-state index in [1.165, 1.54) is 12.8 Å². The van der Waals surface area contributed by atoms with Crippen molar-refractivity contribution in [2.24, 2.45) is 0 Å². The van der Waals surface area contributed by atoms with Crippen LogP contribution in [-0.4, -0.2) is 19.1 Å². The van der Waals surface area contributed by atoms with Crippen LogP contribution in [0, 0.1) is 0 Å². The topological polar surface area (TPSA) is 0 Å². The van der Waals surface area contributed by atoms with Gasteiger partial charge in [0.05, 0.1) is 26.7 Å². The Morgan fingerprint density at radius 2 is 1.88 bits per heavy atom. The Kier molecular flexibility index (Phi) is 10.5. The van der Waals surface area contributed by atoms with Crippen LogP contribution in [0.2, 0.25) is 0 Å². The van der Waals surface area contributed by atoms with Gasteiger partial charge in [-0.3, -0.25) is 0 Å². The van der Waals surface area contributed by atoms with Gasteiger partial charge in [-0.05, 0) is 6.42 Å². The summed E-state index contributed by atoms with van der Waals surface area (Å²) in [6.07, 6.45) is 2.61. The number of hydrogen-bond acceptors (Lipinski definition) is 0. The van der Waals surface area contributed by atoms with Crippen LogP contribution in [-0.2, 0) is 0 Å². The third-order valence-electron chi connectivity index (χ3n) is 0.783. The van der Waals surface area contributed by atoms with E-state index in [-0.39, 0.29) is 20.0 Å². The van der Waals surface area contributed by atoms with Gasteiger partial charge < -0.3 is 12.4 Å². The fourth-order valence-corrected chi connectivity index (χ4v) is 1.16. The quantitative estimate of drug-likeness (QED) is 0.461. The van der Waals surface area contributed by atoms with Crippen LogP contribution in [0.1, 0.15) is 19.8 Å². The van der Waals surface area contributed by atoms with Gasteiger partial charge in [0.2, 0.25) is 0 Å². The third-order valence-corrected chi connectivity index (χ3v) is 1.77. The molecule has 0 saturated carbocycles. The summed E-state index contributed by atoms with van der Waals surface area (Å²) < 4.78 is 0. The van der Waals surface area contributed by atoms with Crippen LogP contribution < -0.4 is 12.4 Å². The molecular formula is C6H14ClP. The highest BCUT2D eigenvalue weighted by Crippen LogP contribution is 2.07. The largest absolute Gasteiger partial charge is 1.00 e. The maximum Gasteiger partial charge on any atom is 0.0953 e. The molecule has 0 spiro atoms. The van der Waals surface area contributed by atoms with E-state index < -0.39 is 0 Å². The Morgan fingerprint density at radius 3 is 2.00 bits per heavy atom. The van der Waals surface area contributed by atoms with Gasteiger partial charge in [0.25, 0.3) is 0 Å². The molecule has 0 aliphatic heterocycles. The zero-order chi connectivity index (χ0) is 5.70. The predicted octanol–water partition coefficient (Wildman–Crippen LogP) is -0.666. The van der Waals surface area contributed by atoms with E-state index in [0.29, 0.717) is 0 Å². The fraction of sp³-hybridized carbons (Fsp3) is 0.833. The van der Waals surface area contributed by atoms with Crippen LogP contribution >= 0.6 is 7.55 Å². The zero-order valence-electron chi connectivity index (χ0n) is 5.82. The molecule has 0 heterocycles. The zero-order valence-corrected chi connectivity index (χ0v) is 7.47. The molecule has 0 aliphatic rings. The van der Waals surface area contributed by atoms with Crippen molar-refractivity contribution >= 4 is 13.3 Å². The van der Waals surface area contributed by atoms with Crippen LogP contribution in [0.25, 0.3) is 0 Å². The molecule has 0 aliphatic carbocycles. The second-order valence-electron chi connectivity index (χ2n) is 1.93. The lowest BCUT2D eigenvalue weighted by molar-refractivity contribution is -0.00000165. The lowest BCUT2D eigenvalue weighted by Crippen LogP contribution is -3.00. The summed E-state index contributed by atoms with van der Waals surface area (Å²) in [6.45, 7) is 6.78. The van der Waals surface area contributed by atoms with Crippen molar-refractivity contribution in [3.05, 3.63) is 0 Å². The lowest BCUT2D eigenvalue weighted by atomic mass is 10.4. The SMILES string of the molecule is CCCC=[P+](C)C.[Cl-]. The monoisotopic (exact) mass is 152 g/mol. The van der Waals surface area contributed by atoms with Gasteiger partial charge in [-0.1, -0.05) is 6.92 Å². The Labute approximate surface area is 59.5 Å². The molecule has 0 amide bonds. The van der Waals surface area contributed by atoms with Crippen LogP contribution in [0.3, 0.4) is 0 Å². The smallest absolute Gasteiger partial charge is 0.0953 e. The van der Waals surface area contributed by atoms with Crippen molar-refractivity contribution in [3.63, 3.8) is 0 Å². The molecule has 0 aromatic heterocycles. The first kappa shape index (κ1) is 11.3. The van der Waals surface area contributed by atoms with Gasteiger partial charge in [0, 0.05) is 6.42 Å². The first-order valence-electron chi connectivity index (χ1n) is 2.77. The van der Waals surface area contributed by atoms with Crippen molar-refractivity contribution in [1.29, 1.82) is 0 Å². The second kappa shape index (κ2) is 7.46. The molecule has 0 fully saturated rings. The molecule has 0 radical (unpaired) electrons. The van der Waals surface area contributed by atoms with Crippen molar-refractivity contribution in [3.8, 4) is 0 Å². The van der Waals surface area contributed by atoms with Gasteiger partial charge in [-0.15, -0.1) is 0 Å². The van der Waals surface area contributed by atoms with Crippen molar-refractivity contribution < 1.29 is 12.4 Å². The first-order valence-corrected chi connectivity index (χ1v) is 5.07. The standard InChI is InChI=1S/C6H14P.ClH/c1-4-5-6-7(2)3;/h6H,4-5H2,1-3H3;1H/q+1;/p-1. The Bertz CT molecular complexity index is 64.9. The van der Waals surface area contributed by atoms with Gasteiger partial charge in [-0.2, -0.15) is 0 Å². The Balaban J connectivity index is 0. The molecule has 0 N–H and O–H groups in total. The molecule has 8 heavy (non-hydrogen) atoms. The van der Waals surface area contributed by atoms with Crippen LogP contribution in [0.4, 0.5) is 0 Å². The van der Waals surface area contributed by atoms with Gasteiger partial charge in [0.1, 0.15) is 0 Å². The number of halogens is 1. The molecule has 0 rings (SSSR count). The van der Waals surface area contributed by atoms with Crippen molar-refractivity contribution in [2.75, 3.05) is 13.3 Å². The second-order valence-corrected chi connectivity index (χ2v) is 4.23. The summed E-state index contributed by atoms with van der Waals surface area (Å²) in [5.74, 6) is 2.41. The summed E-state index contributed by atoms with van der Waals surface area (Å²) in [5.41, 5.74) is 0. The molecule has 0 atom stereocenters. The number of hydrogen-bond donors (Lipinski definition) is 0. The van der Waals surface area contributed by atoms with E-state index in [4.69, 9.17) is 0 Å². The maximum absolute atomic E-state index is 2.41. The summed E-state index contributed by atoms with van der Waals surface area (Å²) in [4.78, 5) is 0. The average Bonchev–Trinajstić information content (AvgIpc) is 1.61. The predicted molar refractivity (Wildman–Crippen MR) is 39.7 cm³/mol. The molecule has 0 bridgehead atoms. The molecule has 0 aromatic rings. The summed E-state index contributed by atoms with van der Waals surface area (Å²) in [6, 6.07) is 0. The minimum absolute atomic E-state index is 0. The maximum atomic E-state index is 2.41. The van der Waals surface area contributed by atoms with E-state index in [1.54, 1.807) is 0 Å². The van der Waals surface area contributed by atoms with E-state index in [0.717, 1.165) is 0 Å². The van der Waals surface area contributed by atoms with E-state index in [1.807, 2.05) is 0 Å². The molecule has 0 nitrogen and oxygen atoms in total. The highest BCUT2D eigenvalue weighted by atomic mass is 35.5. The third kappa shape index (κ3) is 9.68. The van der Waals surface area contributed by atoms with E-state index in [9.17, 15) is 0 Å². The van der Waals surface area contributed by atoms with Gasteiger partial charge in [0.15, 0.2) is 0 Å². The molecule has 50 valence electrons. The summed E-state index contributed by atoms with van der Waals surface area (Å²) in [7, 11) is 0.269. The molecule has 0 unspecified atom stereocenters. The molecule has 0 saturated heterocycles. The minimum atomic E-state index is 0. The van der Waals surface area contributed by atoms with Gasteiger partial charge >= 0.3 is 0 Å². The van der Waals surface area contributed by atoms with Crippen molar-refractivity contribution in [2.45, 2.75) is 19.8 Å². The Hall–Kier alpha value is 0.460. The number of rotatable bonds is 2. The Morgan fingerprint density at radius 1 is 1.38 bits per heavy atom. The molecule has 2 heteroatoms. The normalized spacial score (nSPS) is 7.38. The van der Waals surface area contributed by atoms with E-state index >= 15 is 0 Å². The molecule has 0 aromatic carbocycles. The van der Waals surface area contributed by atoms with Crippen LogP contribution in [0.15, 0.2) is 0 Å².